The molecule has 0 atom stereocenters. The molecular formula is C25H28N2O2. The van der Waals surface area contributed by atoms with Crippen LogP contribution in [0.4, 0.5) is 0 Å². The number of imidazole rings is 1. The van der Waals surface area contributed by atoms with Crippen molar-refractivity contribution in [2.45, 2.75) is 52.4 Å². The molecule has 0 radical (unpaired) electrons. The Balaban J connectivity index is 2.10. The zero-order valence-corrected chi connectivity index (χ0v) is 17.9. The van der Waals surface area contributed by atoms with Crippen LogP contribution in [0.3, 0.4) is 0 Å². The third kappa shape index (κ3) is 3.33. The number of benzene rings is 2. The molecule has 2 aromatic carbocycles. The molecule has 0 spiro atoms. The van der Waals surface area contributed by atoms with Gasteiger partial charge < -0.3 is 9.52 Å². The summed E-state index contributed by atoms with van der Waals surface area (Å²) in [5.74, 6) is 1.84. The lowest BCUT2D eigenvalue weighted by Gasteiger charge is -2.28. The number of para-hydroxylation sites is 2. The van der Waals surface area contributed by atoms with Crippen LogP contribution in [0.25, 0.3) is 28.3 Å². The molecule has 150 valence electrons. The fourth-order valence-corrected chi connectivity index (χ4v) is 3.75. The fraction of sp³-hybridized carbons (Fsp3) is 0.320. The number of furan rings is 1. The Morgan fingerprint density at radius 3 is 2.03 bits per heavy atom. The molecule has 4 aromatic rings. The van der Waals surface area contributed by atoms with Gasteiger partial charge in [-0.15, -0.1) is 0 Å². The number of aromatic nitrogens is 2. The van der Waals surface area contributed by atoms with Crippen LogP contribution in [0, 0.1) is 0 Å². The summed E-state index contributed by atoms with van der Waals surface area (Å²) in [7, 11) is 0. The molecule has 0 aliphatic carbocycles. The van der Waals surface area contributed by atoms with Gasteiger partial charge in [-0.3, -0.25) is 4.57 Å². The number of aromatic hydroxyl groups is 1. The van der Waals surface area contributed by atoms with Crippen molar-refractivity contribution in [3.05, 3.63) is 65.9 Å². The molecule has 0 saturated heterocycles. The molecule has 29 heavy (non-hydrogen) atoms. The van der Waals surface area contributed by atoms with Crippen LogP contribution in [0.2, 0.25) is 0 Å². The predicted octanol–water partition coefficient (Wildman–Crippen LogP) is 6.59. The maximum atomic E-state index is 11.1. The molecule has 4 heteroatoms. The van der Waals surface area contributed by atoms with Crippen molar-refractivity contribution in [2.24, 2.45) is 0 Å². The zero-order chi connectivity index (χ0) is 21.0. The smallest absolute Gasteiger partial charge is 0.181 e. The van der Waals surface area contributed by atoms with Crippen molar-refractivity contribution in [3.8, 4) is 23.0 Å². The third-order valence-electron chi connectivity index (χ3n) is 5.27. The summed E-state index contributed by atoms with van der Waals surface area (Å²) in [4.78, 5) is 4.84. The van der Waals surface area contributed by atoms with E-state index in [0.717, 1.165) is 33.7 Å². The fourth-order valence-electron chi connectivity index (χ4n) is 3.75. The van der Waals surface area contributed by atoms with Crippen LogP contribution in [-0.2, 0) is 10.8 Å². The first-order chi connectivity index (χ1) is 13.6. The Morgan fingerprint density at radius 2 is 1.48 bits per heavy atom. The standard InChI is InChI=1S/C25H28N2O2/c1-24(2,3)17-14-16(15-18(22(17)28)25(4,5)6)27-20-11-8-7-10-19(20)26-23(27)21-12-9-13-29-21/h7-15,28H,1-6H3. The molecule has 0 fully saturated rings. The number of fused-ring (bicyclic) bond motifs is 1. The number of phenols is 1. The molecule has 0 saturated carbocycles. The molecule has 2 heterocycles. The van der Waals surface area contributed by atoms with Gasteiger partial charge in [-0.2, -0.15) is 0 Å². The average Bonchev–Trinajstić information content (AvgIpc) is 3.27. The second kappa shape index (κ2) is 6.51. The van der Waals surface area contributed by atoms with Crippen molar-refractivity contribution in [1.82, 2.24) is 9.55 Å². The summed E-state index contributed by atoms with van der Waals surface area (Å²) in [5, 5.41) is 11.1. The summed E-state index contributed by atoms with van der Waals surface area (Å²) in [6, 6.07) is 16.0. The first-order valence-corrected chi connectivity index (χ1v) is 9.97. The third-order valence-corrected chi connectivity index (χ3v) is 5.27. The molecule has 4 nitrogen and oxygen atoms in total. The maximum Gasteiger partial charge on any atom is 0.181 e. The normalized spacial score (nSPS) is 12.6. The van der Waals surface area contributed by atoms with E-state index in [4.69, 9.17) is 9.40 Å². The average molecular weight is 389 g/mol. The van der Waals surface area contributed by atoms with E-state index in [1.54, 1.807) is 6.26 Å². The first kappa shape index (κ1) is 19.3. The Bertz CT molecular complexity index is 1130. The van der Waals surface area contributed by atoms with Crippen molar-refractivity contribution in [3.63, 3.8) is 0 Å². The van der Waals surface area contributed by atoms with Crippen molar-refractivity contribution >= 4 is 11.0 Å². The van der Waals surface area contributed by atoms with Gasteiger partial charge in [-0.05, 0) is 47.2 Å². The van der Waals surface area contributed by atoms with Crippen molar-refractivity contribution in [1.29, 1.82) is 0 Å². The first-order valence-electron chi connectivity index (χ1n) is 9.97. The highest BCUT2D eigenvalue weighted by atomic mass is 16.3. The second-order valence-electron chi connectivity index (χ2n) is 9.63. The largest absolute Gasteiger partial charge is 0.507 e. The summed E-state index contributed by atoms with van der Waals surface area (Å²) in [5.41, 5.74) is 4.30. The lowest BCUT2D eigenvalue weighted by atomic mass is 9.79. The van der Waals surface area contributed by atoms with Gasteiger partial charge in [0.15, 0.2) is 11.6 Å². The molecule has 0 unspecified atom stereocenters. The van der Waals surface area contributed by atoms with Gasteiger partial charge in [0.05, 0.1) is 17.3 Å². The lowest BCUT2D eigenvalue weighted by Crippen LogP contribution is -2.18. The SMILES string of the molecule is CC(C)(C)c1cc(-n2c(-c3ccco3)nc3ccccc32)cc(C(C)(C)C)c1O. The Labute approximate surface area is 171 Å². The van der Waals surface area contributed by atoms with Gasteiger partial charge in [0.25, 0.3) is 0 Å². The van der Waals surface area contributed by atoms with E-state index >= 15 is 0 Å². The van der Waals surface area contributed by atoms with E-state index in [1.807, 2.05) is 30.3 Å². The Hall–Kier alpha value is -3.01. The highest BCUT2D eigenvalue weighted by Gasteiger charge is 2.28. The molecule has 0 aliphatic heterocycles. The number of rotatable bonds is 2. The van der Waals surface area contributed by atoms with Gasteiger partial charge >= 0.3 is 0 Å². The van der Waals surface area contributed by atoms with Crippen LogP contribution in [-0.4, -0.2) is 14.7 Å². The summed E-state index contributed by atoms with van der Waals surface area (Å²) in [6.45, 7) is 12.7. The van der Waals surface area contributed by atoms with Crippen LogP contribution in [0.1, 0.15) is 52.7 Å². The molecule has 4 rings (SSSR count). The van der Waals surface area contributed by atoms with Gasteiger partial charge in [0.2, 0.25) is 0 Å². The predicted molar refractivity (Wildman–Crippen MR) is 118 cm³/mol. The van der Waals surface area contributed by atoms with Crippen LogP contribution in [0.15, 0.2) is 59.2 Å². The second-order valence-corrected chi connectivity index (χ2v) is 9.63. The molecule has 0 amide bonds. The molecule has 1 N–H and O–H groups in total. The van der Waals surface area contributed by atoms with E-state index in [-0.39, 0.29) is 10.8 Å². The quantitative estimate of drug-likeness (QED) is 0.421. The van der Waals surface area contributed by atoms with E-state index < -0.39 is 0 Å². The number of hydrogen-bond acceptors (Lipinski definition) is 3. The molecule has 0 aliphatic rings. The van der Waals surface area contributed by atoms with Crippen LogP contribution in [0.5, 0.6) is 5.75 Å². The number of hydrogen-bond donors (Lipinski definition) is 1. The zero-order valence-electron chi connectivity index (χ0n) is 17.9. The van der Waals surface area contributed by atoms with E-state index in [0.29, 0.717) is 11.5 Å². The minimum atomic E-state index is -0.207. The molecular weight excluding hydrogens is 360 g/mol. The topological polar surface area (TPSA) is 51.2 Å². The van der Waals surface area contributed by atoms with E-state index in [1.165, 1.54) is 0 Å². The van der Waals surface area contributed by atoms with Crippen LogP contribution >= 0.6 is 0 Å². The van der Waals surface area contributed by atoms with Crippen molar-refractivity contribution < 1.29 is 9.52 Å². The summed E-state index contributed by atoms with van der Waals surface area (Å²) < 4.78 is 7.82. The highest BCUT2D eigenvalue weighted by Crippen LogP contribution is 2.42. The number of phenolic OH excluding ortho intramolecular Hbond substituents is 1. The lowest BCUT2D eigenvalue weighted by molar-refractivity contribution is 0.423. The van der Waals surface area contributed by atoms with Crippen molar-refractivity contribution in [2.75, 3.05) is 0 Å². The van der Waals surface area contributed by atoms with Gasteiger partial charge in [0, 0.05) is 16.8 Å². The molecule has 0 bridgehead atoms. The molecule has 2 aromatic heterocycles. The monoisotopic (exact) mass is 388 g/mol. The number of nitrogens with zero attached hydrogens (tertiary/aromatic N) is 2. The van der Waals surface area contributed by atoms with E-state index in [9.17, 15) is 5.11 Å². The highest BCUT2D eigenvalue weighted by molar-refractivity contribution is 5.82. The minimum absolute atomic E-state index is 0.207. The summed E-state index contributed by atoms with van der Waals surface area (Å²) in [6.07, 6.45) is 1.66. The van der Waals surface area contributed by atoms with Crippen LogP contribution < -0.4 is 0 Å². The van der Waals surface area contributed by atoms with Gasteiger partial charge in [-0.1, -0.05) is 53.7 Å². The summed E-state index contributed by atoms with van der Waals surface area (Å²) >= 11 is 0. The van der Waals surface area contributed by atoms with E-state index in [2.05, 4.69) is 64.3 Å². The maximum absolute atomic E-state index is 11.1. The van der Waals surface area contributed by atoms with Gasteiger partial charge in [-0.25, -0.2) is 4.98 Å². The minimum Gasteiger partial charge on any atom is -0.507 e. The van der Waals surface area contributed by atoms with Gasteiger partial charge in [0.1, 0.15) is 5.75 Å². The Morgan fingerprint density at radius 1 is 0.862 bits per heavy atom. The Kier molecular flexibility index (Phi) is 4.34.